The molecule has 1 aromatic rings. The molecule has 8 nitrogen and oxygen atoms in total. The fourth-order valence-electron chi connectivity index (χ4n) is 2.60. The first kappa shape index (κ1) is 22.9. The number of nitrogens with zero attached hydrogens (tertiary/aromatic N) is 2. The van der Waals surface area contributed by atoms with Crippen molar-refractivity contribution in [1.29, 1.82) is 0 Å². The molecule has 0 saturated carbocycles. The third-order valence-electron chi connectivity index (χ3n) is 4.15. The van der Waals surface area contributed by atoms with E-state index in [4.69, 9.17) is 18.9 Å². The van der Waals surface area contributed by atoms with Crippen molar-refractivity contribution in [1.82, 2.24) is 15.5 Å². The second kappa shape index (κ2) is 13.1. The minimum Gasteiger partial charge on any atom is -0.496 e. The van der Waals surface area contributed by atoms with Crippen LogP contribution in [0.1, 0.15) is 12.0 Å². The Hall–Kier alpha value is -2.19. The summed E-state index contributed by atoms with van der Waals surface area (Å²) in [6.45, 7) is 4.01. The summed E-state index contributed by atoms with van der Waals surface area (Å²) in [5.41, 5.74) is 0.903. The van der Waals surface area contributed by atoms with Crippen LogP contribution in [-0.4, -0.2) is 79.6 Å². The molecule has 0 unspecified atom stereocenters. The second-order valence-electron chi connectivity index (χ2n) is 6.01. The Labute approximate surface area is 162 Å². The van der Waals surface area contributed by atoms with Crippen LogP contribution in [0.3, 0.4) is 0 Å². The van der Waals surface area contributed by atoms with Gasteiger partial charge in [-0.25, -0.2) is 0 Å². The molecule has 154 valence electrons. The summed E-state index contributed by atoms with van der Waals surface area (Å²) in [5.74, 6) is 2.81. The van der Waals surface area contributed by atoms with Gasteiger partial charge in [0.1, 0.15) is 17.2 Å². The van der Waals surface area contributed by atoms with Crippen molar-refractivity contribution in [2.75, 3.05) is 68.8 Å². The Kier molecular flexibility index (Phi) is 11.0. The smallest absolute Gasteiger partial charge is 0.191 e. The van der Waals surface area contributed by atoms with Crippen molar-refractivity contribution >= 4 is 5.96 Å². The lowest BCUT2D eigenvalue weighted by Crippen LogP contribution is -2.40. The van der Waals surface area contributed by atoms with E-state index in [0.717, 1.165) is 44.2 Å². The van der Waals surface area contributed by atoms with Crippen LogP contribution < -0.4 is 24.8 Å². The molecule has 0 spiro atoms. The van der Waals surface area contributed by atoms with Gasteiger partial charge in [0, 0.05) is 52.5 Å². The van der Waals surface area contributed by atoms with Crippen molar-refractivity contribution < 1.29 is 18.9 Å². The number of guanidine groups is 1. The third-order valence-corrected chi connectivity index (χ3v) is 4.15. The third kappa shape index (κ3) is 7.92. The Morgan fingerprint density at radius 1 is 1.00 bits per heavy atom. The molecule has 0 aliphatic carbocycles. The molecular formula is C19H34N4O4. The van der Waals surface area contributed by atoms with Crippen molar-refractivity contribution in [2.24, 2.45) is 4.99 Å². The fraction of sp³-hybridized carbons (Fsp3) is 0.632. The molecule has 0 heterocycles. The molecule has 0 aliphatic rings. The molecule has 0 aromatic heterocycles. The molecule has 0 amide bonds. The van der Waals surface area contributed by atoms with Crippen molar-refractivity contribution in [3.8, 4) is 17.2 Å². The predicted octanol–water partition coefficient (Wildman–Crippen LogP) is 1.35. The zero-order valence-corrected chi connectivity index (χ0v) is 17.4. The lowest BCUT2D eigenvalue weighted by molar-refractivity contribution is 0.180. The van der Waals surface area contributed by atoms with Gasteiger partial charge >= 0.3 is 0 Å². The minimum atomic E-state index is 0.514. The highest BCUT2D eigenvalue weighted by Crippen LogP contribution is 2.33. The number of likely N-dealkylation sites (N-methyl/N-ethyl adjacent to an activating group) is 1. The Bertz CT molecular complexity index is 556. The molecule has 0 aliphatic heterocycles. The summed E-state index contributed by atoms with van der Waals surface area (Å²) in [5, 5.41) is 6.62. The van der Waals surface area contributed by atoms with Gasteiger partial charge in [-0.15, -0.1) is 0 Å². The minimum absolute atomic E-state index is 0.514. The van der Waals surface area contributed by atoms with E-state index in [0.29, 0.717) is 23.8 Å². The van der Waals surface area contributed by atoms with Crippen molar-refractivity contribution in [2.45, 2.75) is 13.0 Å². The molecule has 2 N–H and O–H groups in total. The van der Waals surface area contributed by atoms with E-state index in [1.807, 2.05) is 12.1 Å². The number of hydrogen-bond acceptors (Lipinski definition) is 6. The van der Waals surface area contributed by atoms with E-state index in [2.05, 4.69) is 27.6 Å². The lowest BCUT2D eigenvalue weighted by Gasteiger charge is -2.19. The summed E-state index contributed by atoms with van der Waals surface area (Å²) in [6, 6.07) is 3.68. The van der Waals surface area contributed by atoms with Crippen LogP contribution in [0.5, 0.6) is 17.2 Å². The van der Waals surface area contributed by atoms with Gasteiger partial charge in [0.25, 0.3) is 0 Å². The zero-order chi connectivity index (χ0) is 20.1. The van der Waals surface area contributed by atoms with E-state index in [9.17, 15) is 0 Å². The fourth-order valence-corrected chi connectivity index (χ4v) is 2.60. The number of aliphatic imine (C=N–C) groups is 1. The summed E-state index contributed by atoms with van der Waals surface area (Å²) < 4.78 is 21.3. The highest BCUT2D eigenvalue weighted by Gasteiger charge is 2.13. The SMILES string of the molecule is CN=C(NCCN(C)CCCOC)NCc1c(OC)cc(OC)cc1OC. The first-order valence-corrected chi connectivity index (χ1v) is 9.00. The van der Waals surface area contributed by atoms with Gasteiger partial charge in [-0.2, -0.15) is 0 Å². The van der Waals surface area contributed by atoms with Gasteiger partial charge in [-0.3, -0.25) is 4.99 Å². The van der Waals surface area contributed by atoms with Crippen LogP contribution in [0.25, 0.3) is 0 Å². The van der Waals surface area contributed by atoms with Crippen LogP contribution >= 0.6 is 0 Å². The first-order valence-electron chi connectivity index (χ1n) is 9.00. The normalized spacial score (nSPS) is 11.4. The number of ether oxygens (including phenoxy) is 4. The summed E-state index contributed by atoms with van der Waals surface area (Å²) in [4.78, 5) is 6.53. The van der Waals surface area contributed by atoms with Gasteiger partial charge in [-0.05, 0) is 13.5 Å². The maximum absolute atomic E-state index is 5.48. The second-order valence-corrected chi connectivity index (χ2v) is 6.01. The average Bonchev–Trinajstić information content (AvgIpc) is 2.69. The molecule has 0 fully saturated rings. The highest BCUT2D eigenvalue weighted by molar-refractivity contribution is 5.79. The zero-order valence-electron chi connectivity index (χ0n) is 17.4. The number of nitrogens with one attached hydrogen (secondary N) is 2. The van der Waals surface area contributed by atoms with Crippen LogP contribution in [0.4, 0.5) is 0 Å². The summed E-state index contributed by atoms with van der Waals surface area (Å²) >= 11 is 0. The molecule has 0 atom stereocenters. The molecule has 0 bridgehead atoms. The number of rotatable bonds is 12. The molecule has 0 saturated heterocycles. The van der Waals surface area contributed by atoms with E-state index in [-0.39, 0.29) is 0 Å². The van der Waals surface area contributed by atoms with Crippen LogP contribution in [0.15, 0.2) is 17.1 Å². The van der Waals surface area contributed by atoms with E-state index >= 15 is 0 Å². The molecule has 8 heteroatoms. The summed E-state index contributed by atoms with van der Waals surface area (Å²) in [6.07, 6.45) is 1.02. The van der Waals surface area contributed by atoms with Crippen molar-refractivity contribution in [3.05, 3.63) is 17.7 Å². The Balaban J connectivity index is 2.57. The van der Waals surface area contributed by atoms with E-state index in [1.54, 1.807) is 35.5 Å². The number of methoxy groups -OCH3 is 4. The lowest BCUT2D eigenvalue weighted by atomic mass is 10.1. The molecular weight excluding hydrogens is 348 g/mol. The average molecular weight is 383 g/mol. The Morgan fingerprint density at radius 3 is 2.19 bits per heavy atom. The number of hydrogen-bond donors (Lipinski definition) is 2. The van der Waals surface area contributed by atoms with Crippen molar-refractivity contribution in [3.63, 3.8) is 0 Å². The van der Waals surface area contributed by atoms with E-state index in [1.165, 1.54) is 0 Å². The first-order chi connectivity index (χ1) is 13.1. The monoisotopic (exact) mass is 382 g/mol. The largest absolute Gasteiger partial charge is 0.496 e. The highest BCUT2D eigenvalue weighted by atomic mass is 16.5. The van der Waals surface area contributed by atoms with Crippen LogP contribution in [0.2, 0.25) is 0 Å². The number of benzene rings is 1. The molecule has 1 rings (SSSR count). The quantitative estimate of drug-likeness (QED) is 0.321. The van der Waals surface area contributed by atoms with E-state index < -0.39 is 0 Å². The Morgan fingerprint density at radius 2 is 1.67 bits per heavy atom. The maximum atomic E-state index is 5.48. The van der Waals surface area contributed by atoms with Gasteiger partial charge < -0.3 is 34.5 Å². The predicted molar refractivity (Wildman–Crippen MR) is 108 cm³/mol. The van der Waals surface area contributed by atoms with Gasteiger partial charge in [0.05, 0.1) is 33.4 Å². The summed E-state index contributed by atoms with van der Waals surface area (Å²) in [7, 11) is 10.4. The van der Waals surface area contributed by atoms with Gasteiger partial charge in [0.15, 0.2) is 5.96 Å². The van der Waals surface area contributed by atoms with Crippen LogP contribution in [0, 0.1) is 0 Å². The molecule has 0 radical (unpaired) electrons. The molecule has 1 aromatic carbocycles. The topological polar surface area (TPSA) is 76.6 Å². The maximum Gasteiger partial charge on any atom is 0.191 e. The molecule has 27 heavy (non-hydrogen) atoms. The van der Waals surface area contributed by atoms with Gasteiger partial charge in [0.2, 0.25) is 0 Å². The standard InChI is InChI=1S/C19H34N4O4/c1-20-19(21-8-10-23(2)9-7-11-24-3)22-14-16-17(26-5)12-15(25-4)13-18(16)27-6/h12-13H,7-11,14H2,1-6H3,(H2,20,21,22). The van der Waals surface area contributed by atoms with Crippen LogP contribution in [-0.2, 0) is 11.3 Å². The van der Waals surface area contributed by atoms with Gasteiger partial charge in [-0.1, -0.05) is 0 Å².